The average Bonchev–Trinajstić information content (AvgIpc) is 3.35. The van der Waals surface area contributed by atoms with Gasteiger partial charge in [0.2, 0.25) is 12.1 Å². The Morgan fingerprint density at radius 1 is 0.897 bits per heavy atom. The molecule has 0 amide bonds. The Morgan fingerprint density at radius 3 is 2.31 bits per heavy atom. The van der Waals surface area contributed by atoms with Crippen molar-refractivity contribution in [3.63, 3.8) is 0 Å². The Morgan fingerprint density at radius 2 is 1.59 bits per heavy atom. The van der Waals surface area contributed by atoms with E-state index in [1.165, 1.54) is 10.2 Å². The molecule has 138 valence electrons. The van der Waals surface area contributed by atoms with Gasteiger partial charge in [-0.15, -0.1) is 16.6 Å². The molecule has 0 atom stereocenters. The van der Waals surface area contributed by atoms with Crippen molar-refractivity contribution in [1.82, 2.24) is 15.0 Å². The van der Waals surface area contributed by atoms with E-state index in [0.29, 0.717) is 6.54 Å². The van der Waals surface area contributed by atoms with E-state index >= 15 is 0 Å². The van der Waals surface area contributed by atoms with E-state index in [2.05, 4.69) is 63.2 Å². The first-order valence-corrected chi connectivity index (χ1v) is 10.1. The maximum Gasteiger partial charge on any atom is 0.263 e. The van der Waals surface area contributed by atoms with Gasteiger partial charge in [0, 0.05) is 12.1 Å². The number of thiazole rings is 1. The molecule has 0 bridgehead atoms. The molecule has 0 saturated carbocycles. The van der Waals surface area contributed by atoms with Gasteiger partial charge in [0.15, 0.2) is 0 Å². The van der Waals surface area contributed by atoms with Crippen LogP contribution in [0.5, 0.6) is 0 Å². The van der Waals surface area contributed by atoms with Crippen molar-refractivity contribution in [3.05, 3.63) is 83.4 Å². The summed E-state index contributed by atoms with van der Waals surface area (Å²) in [6.07, 6.45) is 9.81. The largest absolute Gasteiger partial charge is 0.263 e. The van der Waals surface area contributed by atoms with Crippen LogP contribution in [0.25, 0.3) is 39.1 Å². The summed E-state index contributed by atoms with van der Waals surface area (Å²) in [7, 11) is 0. The van der Waals surface area contributed by atoms with E-state index in [0.717, 1.165) is 27.3 Å². The predicted molar refractivity (Wildman–Crippen MR) is 119 cm³/mol. The highest BCUT2D eigenvalue weighted by Gasteiger charge is 2.16. The van der Waals surface area contributed by atoms with Crippen molar-refractivity contribution in [2.24, 2.45) is 0 Å². The number of rotatable bonds is 4. The number of aromatic nitrogens is 4. The Hall–Kier alpha value is -3.75. The van der Waals surface area contributed by atoms with E-state index in [9.17, 15) is 0 Å². The Kier molecular flexibility index (Phi) is 4.39. The molecule has 0 aliphatic carbocycles. The summed E-state index contributed by atoms with van der Waals surface area (Å²) in [4.78, 5) is 1.67. The lowest BCUT2D eigenvalue weighted by Gasteiger charge is -1.99. The monoisotopic (exact) mass is 393 g/mol. The van der Waals surface area contributed by atoms with Gasteiger partial charge in [-0.3, -0.25) is 0 Å². The van der Waals surface area contributed by atoms with Gasteiger partial charge in [-0.1, -0.05) is 47.7 Å². The SMILES string of the molecule is C#CC[n+]1c(/C=C/c2ccc(-n3nc4ccccc4n3)cc2)sc2ccccc21. The van der Waals surface area contributed by atoms with Crippen LogP contribution in [-0.2, 0) is 6.54 Å². The van der Waals surface area contributed by atoms with Crippen molar-refractivity contribution < 1.29 is 4.57 Å². The lowest BCUT2D eigenvalue weighted by molar-refractivity contribution is -0.655. The molecule has 5 heteroatoms. The summed E-state index contributed by atoms with van der Waals surface area (Å²) in [5.41, 5.74) is 4.98. The second kappa shape index (κ2) is 7.34. The lowest BCUT2D eigenvalue weighted by atomic mass is 10.2. The molecule has 5 rings (SSSR count). The van der Waals surface area contributed by atoms with E-state index in [4.69, 9.17) is 6.42 Å². The molecule has 3 aromatic carbocycles. The minimum Gasteiger partial charge on any atom is -0.170 e. The summed E-state index contributed by atoms with van der Waals surface area (Å²) in [5.74, 6) is 2.76. The third-order valence-corrected chi connectivity index (χ3v) is 5.85. The van der Waals surface area contributed by atoms with Gasteiger partial charge in [-0.2, -0.15) is 9.36 Å². The Bertz CT molecular complexity index is 1350. The first kappa shape index (κ1) is 17.4. The van der Waals surface area contributed by atoms with Crippen LogP contribution in [-0.4, -0.2) is 15.0 Å². The second-order valence-electron chi connectivity index (χ2n) is 6.60. The number of hydrogen-bond acceptors (Lipinski definition) is 3. The molecule has 2 aromatic heterocycles. The third kappa shape index (κ3) is 3.31. The molecule has 0 aliphatic rings. The fraction of sp³-hybridized carbons (Fsp3) is 0.0417. The maximum atomic E-state index is 5.58. The zero-order valence-corrected chi connectivity index (χ0v) is 16.4. The number of nitrogens with zero attached hydrogens (tertiary/aromatic N) is 4. The average molecular weight is 393 g/mol. The van der Waals surface area contributed by atoms with Crippen LogP contribution < -0.4 is 4.57 Å². The van der Waals surface area contributed by atoms with E-state index in [-0.39, 0.29) is 0 Å². The van der Waals surface area contributed by atoms with Gasteiger partial charge in [-0.05, 0) is 47.9 Å². The lowest BCUT2D eigenvalue weighted by Crippen LogP contribution is -2.34. The third-order valence-electron chi connectivity index (χ3n) is 4.72. The molecule has 29 heavy (non-hydrogen) atoms. The summed E-state index contributed by atoms with van der Waals surface area (Å²) < 4.78 is 3.40. The number of para-hydroxylation sites is 1. The smallest absolute Gasteiger partial charge is 0.170 e. The molecule has 5 aromatic rings. The summed E-state index contributed by atoms with van der Waals surface area (Å²) in [6.45, 7) is 0.557. The number of fused-ring (bicyclic) bond motifs is 2. The highest BCUT2D eigenvalue weighted by atomic mass is 32.1. The van der Waals surface area contributed by atoms with Crippen molar-refractivity contribution in [2.75, 3.05) is 0 Å². The molecule has 0 unspecified atom stereocenters. The first-order chi connectivity index (χ1) is 14.3. The van der Waals surface area contributed by atoms with Crippen molar-refractivity contribution in [3.8, 4) is 18.0 Å². The van der Waals surface area contributed by atoms with E-state index < -0.39 is 0 Å². The quantitative estimate of drug-likeness (QED) is 0.327. The highest BCUT2D eigenvalue weighted by Crippen LogP contribution is 2.22. The van der Waals surface area contributed by atoms with Crippen LogP contribution in [0.4, 0.5) is 0 Å². The summed E-state index contributed by atoms with van der Waals surface area (Å²) in [5, 5.41) is 10.2. The molecular weight excluding hydrogens is 376 g/mol. The van der Waals surface area contributed by atoms with Gasteiger partial charge in [0.1, 0.15) is 15.7 Å². The highest BCUT2D eigenvalue weighted by molar-refractivity contribution is 7.18. The standard InChI is InChI=1S/C24H17N4S/c1-2-17-27-22-9-5-6-10-23(22)29-24(27)16-13-18-11-14-19(15-12-18)28-25-20-7-3-4-8-21(20)26-28/h1,3-16H,17H2/q+1. The molecule has 0 radical (unpaired) electrons. The zero-order chi connectivity index (χ0) is 19.6. The molecular formula is C24H17N4S+. The molecule has 2 heterocycles. The van der Waals surface area contributed by atoms with Crippen LogP contribution in [0, 0.1) is 12.3 Å². The normalized spacial score (nSPS) is 11.4. The molecule has 0 fully saturated rings. The number of benzene rings is 3. The minimum atomic E-state index is 0.557. The predicted octanol–water partition coefficient (Wildman–Crippen LogP) is 4.73. The molecule has 4 nitrogen and oxygen atoms in total. The molecule has 0 N–H and O–H groups in total. The van der Waals surface area contributed by atoms with Gasteiger partial charge < -0.3 is 0 Å². The van der Waals surface area contributed by atoms with Gasteiger partial charge in [-0.25, -0.2) is 0 Å². The fourth-order valence-electron chi connectivity index (χ4n) is 3.29. The first-order valence-electron chi connectivity index (χ1n) is 9.27. The molecule has 0 saturated heterocycles. The zero-order valence-electron chi connectivity index (χ0n) is 15.6. The summed E-state index contributed by atoms with van der Waals surface area (Å²) in [6, 6.07) is 24.4. The molecule has 0 spiro atoms. The minimum absolute atomic E-state index is 0.557. The van der Waals surface area contributed by atoms with E-state index in [1.807, 2.05) is 42.5 Å². The van der Waals surface area contributed by atoms with Gasteiger partial charge in [0.05, 0.1) is 5.69 Å². The van der Waals surface area contributed by atoms with Crippen LogP contribution in [0.2, 0.25) is 0 Å². The fourth-order valence-corrected chi connectivity index (χ4v) is 4.36. The molecule has 0 aliphatic heterocycles. The van der Waals surface area contributed by atoms with E-state index in [1.54, 1.807) is 16.1 Å². The van der Waals surface area contributed by atoms with Gasteiger partial charge in [0.25, 0.3) is 5.01 Å². The van der Waals surface area contributed by atoms with Crippen molar-refractivity contribution >= 4 is 44.7 Å². The van der Waals surface area contributed by atoms with Crippen LogP contribution in [0.3, 0.4) is 0 Å². The van der Waals surface area contributed by atoms with Crippen molar-refractivity contribution in [2.45, 2.75) is 6.54 Å². The van der Waals surface area contributed by atoms with Crippen molar-refractivity contribution in [1.29, 1.82) is 0 Å². The van der Waals surface area contributed by atoms with Crippen LogP contribution in [0.1, 0.15) is 10.6 Å². The summed E-state index contributed by atoms with van der Waals surface area (Å²) >= 11 is 1.74. The number of terminal acetylenes is 1. The number of hydrogen-bond donors (Lipinski definition) is 0. The Labute approximate surface area is 172 Å². The topological polar surface area (TPSA) is 34.6 Å². The Balaban J connectivity index is 1.44. The van der Waals surface area contributed by atoms with Crippen LogP contribution in [0.15, 0.2) is 72.8 Å². The van der Waals surface area contributed by atoms with Crippen LogP contribution >= 0.6 is 11.3 Å². The second-order valence-corrected chi connectivity index (χ2v) is 7.66. The maximum absolute atomic E-state index is 5.58. The van der Waals surface area contributed by atoms with Gasteiger partial charge >= 0.3 is 0 Å².